The van der Waals surface area contributed by atoms with Crippen LogP contribution in [0.2, 0.25) is 5.02 Å². The molecular formula is C12H5Br2ClF3NO. The minimum Gasteiger partial charge on any atom is -0.437 e. The summed E-state index contributed by atoms with van der Waals surface area (Å²) in [4.78, 5) is 3.65. The van der Waals surface area contributed by atoms with Crippen LogP contribution in [0.3, 0.4) is 0 Å². The lowest BCUT2D eigenvalue weighted by Gasteiger charge is -2.13. The first kappa shape index (κ1) is 15.6. The lowest BCUT2D eigenvalue weighted by Crippen LogP contribution is -2.08. The Morgan fingerprint density at radius 1 is 1.10 bits per heavy atom. The zero-order chi connectivity index (χ0) is 14.9. The van der Waals surface area contributed by atoms with Gasteiger partial charge < -0.3 is 4.74 Å². The molecule has 2 aromatic rings. The number of halogens is 6. The minimum absolute atomic E-state index is 0.0846. The van der Waals surface area contributed by atoms with E-state index in [2.05, 4.69) is 36.8 Å². The van der Waals surface area contributed by atoms with Gasteiger partial charge in [-0.05, 0) is 40.2 Å². The van der Waals surface area contributed by atoms with Crippen LogP contribution in [0, 0.1) is 0 Å². The Balaban J connectivity index is 2.46. The first-order valence-electron chi connectivity index (χ1n) is 5.13. The van der Waals surface area contributed by atoms with E-state index in [0.29, 0.717) is 4.47 Å². The molecule has 0 fully saturated rings. The molecular weight excluding hydrogens is 426 g/mol. The fourth-order valence-corrected chi connectivity index (χ4v) is 2.20. The van der Waals surface area contributed by atoms with Gasteiger partial charge in [-0.15, -0.1) is 0 Å². The van der Waals surface area contributed by atoms with Crippen molar-refractivity contribution in [1.29, 1.82) is 0 Å². The molecule has 0 amide bonds. The summed E-state index contributed by atoms with van der Waals surface area (Å²) < 4.78 is 44.8. The number of hydrogen-bond acceptors (Lipinski definition) is 2. The van der Waals surface area contributed by atoms with E-state index in [-0.39, 0.29) is 15.2 Å². The highest BCUT2D eigenvalue weighted by Crippen LogP contribution is 2.39. The maximum atomic E-state index is 12.9. The van der Waals surface area contributed by atoms with Crippen molar-refractivity contribution in [2.75, 3.05) is 0 Å². The molecule has 0 bridgehead atoms. The van der Waals surface area contributed by atoms with Crippen LogP contribution in [0.4, 0.5) is 13.2 Å². The number of ether oxygens (including phenoxy) is 1. The molecule has 0 radical (unpaired) electrons. The van der Waals surface area contributed by atoms with Gasteiger partial charge in [0.2, 0.25) is 5.88 Å². The summed E-state index contributed by atoms with van der Waals surface area (Å²) in [5.41, 5.74) is -0.983. The van der Waals surface area contributed by atoms with E-state index in [0.717, 1.165) is 6.07 Å². The van der Waals surface area contributed by atoms with Crippen LogP contribution in [-0.4, -0.2) is 4.98 Å². The molecule has 1 heterocycles. The Bertz CT molecular complexity index is 649. The number of benzene rings is 1. The second-order valence-electron chi connectivity index (χ2n) is 3.68. The lowest BCUT2D eigenvalue weighted by atomic mass is 10.2. The number of aromatic nitrogens is 1. The number of hydrogen-bond donors (Lipinski definition) is 0. The van der Waals surface area contributed by atoms with Crippen LogP contribution in [0.15, 0.2) is 39.4 Å². The van der Waals surface area contributed by atoms with Gasteiger partial charge in [0.25, 0.3) is 0 Å². The summed E-state index contributed by atoms with van der Waals surface area (Å²) in [5, 5.41) is 0.186. The largest absolute Gasteiger partial charge is 0.437 e. The van der Waals surface area contributed by atoms with Gasteiger partial charge in [-0.1, -0.05) is 27.5 Å². The van der Waals surface area contributed by atoms with E-state index in [1.807, 2.05) is 0 Å². The molecule has 8 heteroatoms. The molecule has 0 atom stereocenters. The normalized spacial score (nSPS) is 11.5. The summed E-state index contributed by atoms with van der Waals surface area (Å²) in [5.74, 6) is -0.470. The summed E-state index contributed by atoms with van der Waals surface area (Å²) in [6.07, 6.45) is -3.36. The topological polar surface area (TPSA) is 22.1 Å². The van der Waals surface area contributed by atoms with E-state index >= 15 is 0 Å². The van der Waals surface area contributed by atoms with Crippen LogP contribution >= 0.6 is 43.5 Å². The zero-order valence-corrected chi connectivity index (χ0v) is 13.4. The summed E-state index contributed by atoms with van der Waals surface area (Å²) >= 11 is 12.0. The first-order chi connectivity index (χ1) is 9.27. The van der Waals surface area contributed by atoms with E-state index in [1.54, 1.807) is 6.07 Å². The Kier molecular flexibility index (Phi) is 4.61. The molecule has 0 unspecified atom stereocenters. The third-order valence-electron chi connectivity index (χ3n) is 2.22. The molecule has 1 aromatic carbocycles. The average molecular weight is 431 g/mol. The van der Waals surface area contributed by atoms with Gasteiger partial charge in [0.1, 0.15) is 11.3 Å². The van der Waals surface area contributed by atoms with Crippen molar-refractivity contribution < 1.29 is 17.9 Å². The highest BCUT2D eigenvalue weighted by Gasteiger charge is 2.36. The predicted octanol–water partition coefficient (Wildman–Crippen LogP) is 6.07. The average Bonchev–Trinajstić information content (AvgIpc) is 2.34. The molecule has 0 N–H and O–H groups in total. The number of rotatable bonds is 2. The van der Waals surface area contributed by atoms with Gasteiger partial charge in [0.05, 0.1) is 5.02 Å². The van der Waals surface area contributed by atoms with Crippen molar-refractivity contribution in [3.8, 4) is 11.6 Å². The fourth-order valence-electron chi connectivity index (χ4n) is 1.37. The van der Waals surface area contributed by atoms with Gasteiger partial charge in [-0.25, -0.2) is 4.98 Å². The summed E-state index contributed by atoms with van der Waals surface area (Å²) in [7, 11) is 0. The Hall–Kier alpha value is -0.790. The lowest BCUT2D eigenvalue weighted by molar-refractivity contribution is -0.138. The predicted molar refractivity (Wildman–Crippen MR) is 76.2 cm³/mol. The van der Waals surface area contributed by atoms with Crippen molar-refractivity contribution >= 4 is 43.5 Å². The second-order valence-corrected chi connectivity index (χ2v) is 5.92. The van der Waals surface area contributed by atoms with Crippen molar-refractivity contribution in [2.24, 2.45) is 0 Å². The molecule has 2 nitrogen and oxygen atoms in total. The molecule has 0 saturated carbocycles. The molecule has 20 heavy (non-hydrogen) atoms. The van der Waals surface area contributed by atoms with Crippen molar-refractivity contribution in [1.82, 2.24) is 4.98 Å². The highest BCUT2D eigenvalue weighted by molar-refractivity contribution is 9.10. The molecule has 106 valence electrons. The fraction of sp³-hybridized carbons (Fsp3) is 0.0833. The van der Waals surface area contributed by atoms with Crippen molar-refractivity contribution in [2.45, 2.75) is 6.18 Å². The Morgan fingerprint density at radius 3 is 2.45 bits per heavy atom. The smallest absolute Gasteiger partial charge is 0.421 e. The maximum absolute atomic E-state index is 12.9. The third kappa shape index (κ3) is 3.65. The van der Waals surface area contributed by atoms with Crippen LogP contribution in [0.5, 0.6) is 11.6 Å². The Labute approximate surface area is 134 Å². The number of alkyl halides is 3. The highest BCUT2D eigenvalue weighted by atomic mass is 79.9. The standard InChI is InChI=1S/C12H5Br2ClF3NO/c13-6-1-2-9(15)10(4-6)20-11-8(12(16,17)18)3-7(14)5-19-11/h1-5H. The van der Waals surface area contributed by atoms with Crippen molar-refractivity contribution in [3.63, 3.8) is 0 Å². The van der Waals surface area contributed by atoms with E-state index in [9.17, 15) is 13.2 Å². The zero-order valence-electron chi connectivity index (χ0n) is 9.51. The second kappa shape index (κ2) is 5.91. The van der Waals surface area contributed by atoms with E-state index in [4.69, 9.17) is 16.3 Å². The monoisotopic (exact) mass is 429 g/mol. The molecule has 0 aliphatic heterocycles. The van der Waals surface area contributed by atoms with E-state index in [1.165, 1.54) is 18.3 Å². The van der Waals surface area contributed by atoms with Gasteiger partial charge in [-0.3, -0.25) is 0 Å². The number of nitrogens with zero attached hydrogens (tertiary/aromatic N) is 1. The van der Waals surface area contributed by atoms with Gasteiger partial charge >= 0.3 is 6.18 Å². The quantitative estimate of drug-likeness (QED) is 0.576. The minimum atomic E-state index is -4.58. The van der Waals surface area contributed by atoms with Crippen LogP contribution in [0.1, 0.15) is 5.56 Å². The van der Waals surface area contributed by atoms with Crippen LogP contribution in [0.25, 0.3) is 0 Å². The third-order valence-corrected chi connectivity index (χ3v) is 3.46. The van der Waals surface area contributed by atoms with Crippen LogP contribution < -0.4 is 4.74 Å². The van der Waals surface area contributed by atoms with Gasteiger partial charge in [0.15, 0.2) is 0 Å². The van der Waals surface area contributed by atoms with Crippen molar-refractivity contribution in [3.05, 3.63) is 50.0 Å². The van der Waals surface area contributed by atoms with Gasteiger partial charge in [-0.2, -0.15) is 13.2 Å². The molecule has 0 saturated heterocycles. The van der Waals surface area contributed by atoms with Gasteiger partial charge in [0, 0.05) is 15.1 Å². The molecule has 1 aromatic heterocycles. The summed E-state index contributed by atoms with van der Waals surface area (Å²) in [6, 6.07) is 5.52. The SMILES string of the molecule is FC(F)(F)c1cc(Br)cnc1Oc1cc(Br)ccc1Cl. The molecule has 0 aliphatic rings. The maximum Gasteiger partial charge on any atom is 0.421 e. The molecule has 2 rings (SSSR count). The molecule has 0 aliphatic carbocycles. The van der Waals surface area contributed by atoms with E-state index < -0.39 is 17.6 Å². The summed E-state index contributed by atoms with van der Waals surface area (Å²) in [6.45, 7) is 0. The Morgan fingerprint density at radius 2 is 1.80 bits per heavy atom. The van der Waals surface area contributed by atoms with Crippen LogP contribution in [-0.2, 0) is 6.18 Å². The molecule has 0 spiro atoms. The number of pyridine rings is 1. The first-order valence-corrected chi connectivity index (χ1v) is 7.09.